The first-order valence-corrected chi connectivity index (χ1v) is 9.51. The number of hydrogen-bond donors (Lipinski definition) is 2. The second kappa shape index (κ2) is 9.07. The summed E-state index contributed by atoms with van der Waals surface area (Å²) in [5.74, 6) is -1.56. The number of nitrogens with one attached hydrogen (secondary N) is 2. The van der Waals surface area contributed by atoms with Crippen molar-refractivity contribution < 1.29 is 26.7 Å². The molecular weight excluding hydrogens is 356 g/mol. The number of urea groups is 1. The van der Waals surface area contributed by atoms with E-state index >= 15 is 0 Å². The van der Waals surface area contributed by atoms with E-state index in [1.165, 1.54) is 10.4 Å². The zero-order valence-electron chi connectivity index (χ0n) is 13.6. The summed E-state index contributed by atoms with van der Waals surface area (Å²) in [6.45, 7) is 1.31. The van der Waals surface area contributed by atoms with Gasteiger partial charge in [0.15, 0.2) is 0 Å². The van der Waals surface area contributed by atoms with Crippen molar-refractivity contribution in [2.24, 2.45) is 0 Å². The van der Waals surface area contributed by atoms with Crippen LogP contribution in [0.1, 0.15) is 5.56 Å². The molecule has 0 aliphatic carbocycles. The summed E-state index contributed by atoms with van der Waals surface area (Å²) in [4.78, 5) is 11.6. The van der Waals surface area contributed by atoms with Crippen LogP contribution in [0.3, 0.4) is 0 Å². The van der Waals surface area contributed by atoms with Gasteiger partial charge in [0, 0.05) is 31.7 Å². The Kier molecular flexibility index (Phi) is 7.09. The fourth-order valence-electron chi connectivity index (χ4n) is 2.38. The van der Waals surface area contributed by atoms with Gasteiger partial charge < -0.3 is 15.4 Å². The van der Waals surface area contributed by atoms with Gasteiger partial charge in [0.25, 0.3) is 0 Å². The number of hydrogen-bond acceptors (Lipinski definition) is 4. The summed E-state index contributed by atoms with van der Waals surface area (Å²) in [6.07, 6.45) is -0.00198. The Labute approximate surface area is 145 Å². The molecule has 0 unspecified atom stereocenters. The van der Waals surface area contributed by atoms with Crippen molar-refractivity contribution in [1.29, 1.82) is 0 Å². The maximum Gasteiger partial charge on any atom is 0.314 e. The maximum absolute atomic E-state index is 13.4. The highest BCUT2D eigenvalue weighted by Crippen LogP contribution is 2.12. The lowest BCUT2D eigenvalue weighted by Crippen LogP contribution is -2.45. The summed E-state index contributed by atoms with van der Waals surface area (Å²) < 4.78 is 57.4. The number of morpholine rings is 1. The van der Waals surface area contributed by atoms with Crippen molar-refractivity contribution in [2.45, 2.75) is 6.42 Å². The molecule has 1 aliphatic rings. The van der Waals surface area contributed by atoms with Crippen molar-refractivity contribution in [3.63, 3.8) is 0 Å². The first-order valence-electron chi connectivity index (χ1n) is 7.90. The zero-order valence-corrected chi connectivity index (χ0v) is 14.4. The summed E-state index contributed by atoms with van der Waals surface area (Å²) in [6, 6.07) is 2.97. The molecular formula is C15H21F2N3O4S. The smallest absolute Gasteiger partial charge is 0.314 e. The molecule has 0 radical (unpaired) electrons. The van der Waals surface area contributed by atoms with E-state index in [-0.39, 0.29) is 30.8 Å². The van der Waals surface area contributed by atoms with Crippen LogP contribution in [0.15, 0.2) is 18.2 Å². The Morgan fingerprint density at radius 2 is 1.72 bits per heavy atom. The molecule has 140 valence electrons. The molecule has 25 heavy (non-hydrogen) atoms. The number of nitrogens with zero attached hydrogens (tertiary/aromatic N) is 1. The number of halogens is 2. The van der Waals surface area contributed by atoms with E-state index in [4.69, 9.17) is 4.74 Å². The van der Waals surface area contributed by atoms with Crippen LogP contribution in [-0.4, -0.2) is 63.9 Å². The van der Waals surface area contributed by atoms with Crippen molar-refractivity contribution in [1.82, 2.24) is 14.9 Å². The number of sulfonamides is 1. The Morgan fingerprint density at radius 3 is 2.36 bits per heavy atom. The van der Waals surface area contributed by atoms with E-state index < -0.39 is 27.7 Å². The van der Waals surface area contributed by atoms with Crippen LogP contribution >= 0.6 is 0 Å². The molecule has 0 spiro atoms. The molecule has 2 N–H and O–H groups in total. The maximum atomic E-state index is 13.4. The van der Waals surface area contributed by atoms with Crippen LogP contribution < -0.4 is 10.6 Å². The molecule has 0 saturated carbocycles. The molecule has 1 aromatic rings. The summed E-state index contributed by atoms with van der Waals surface area (Å²) in [5.41, 5.74) is -0.0994. The zero-order chi connectivity index (χ0) is 18.3. The van der Waals surface area contributed by atoms with Gasteiger partial charge in [-0.15, -0.1) is 0 Å². The average molecular weight is 377 g/mol. The molecule has 10 heteroatoms. The number of rotatable bonds is 7. The Morgan fingerprint density at radius 1 is 1.12 bits per heavy atom. The van der Waals surface area contributed by atoms with E-state index in [1.807, 2.05) is 0 Å². The predicted octanol–water partition coefficient (Wildman–Crippen LogP) is 0.468. The van der Waals surface area contributed by atoms with E-state index in [2.05, 4.69) is 10.6 Å². The van der Waals surface area contributed by atoms with Crippen LogP contribution in [0.2, 0.25) is 0 Å². The molecule has 1 saturated heterocycles. The van der Waals surface area contributed by atoms with Gasteiger partial charge in [-0.3, -0.25) is 0 Å². The first kappa shape index (κ1) is 19.5. The lowest BCUT2D eigenvalue weighted by Gasteiger charge is -2.26. The average Bonchev–Trinajstić information content (AvgIpc) is 2.58. The molecule has 2 amide bonds. The number of carbonyl (C=O) groups excluding carboxylic acids is 1. The van der Waals surface area contributed by atoms with Gasteiger partial charge in [-0.1, -0.05) is 6.07 Å². The van der Waals surface area contributed by atoms with Crippen molar-refractivity contribution in [2.75, 3.05) is 45.1 Å². The van der Waals surface area contributed by atoms with Crippen LogP contribution in [-0.2, 0) is 21.2 Å². The minimum Gasteiger partial charge on any atom is -0.379 e. The Balaban J connectivity index is 1.69. The molecule has 7 nitrogen and oxygen atoms in total. The molecule has 0 atom stereocenters. The highest BCUT2D eigenvalue weighted by molar-refractivity contribution is 7.89. The van der Waals surface area contributed by atoms with E-state index in [0.29, 0.717) is 26.3 Å². The van der Waals surface area contributed by atoms with Crippen LogP contribution in [0.25, 0.3) is 0 Å². The summed E-state index contributed by atoms with van der Waals surface area (Å²) >= 11 is 0. The monoisotopic (exact) mass is 377 g/mol. The summed E-state index contributed by atoms with van der Waals surface area (Å²) in [7, 11) is -3.44. The third-order valence-corrected chi connectivity index (χ3v) is 5.60. The largest absolute Gasteiger partial charge is 0.379 e. The minimum atomic E-state index is -3.44. The lowest BCUT2D eigenvalue weighted by molar-refractivity contribution is 0.0730. The van der Waals surface area contributed by atoms with E-state index in [1.54, 1.807) is 0 Å². The molecule has 1 aromatic carbocycles. The highest BCUT2D eigenvalue weighted by atomic mass is 32.2. The number of ether oxygens (including phenoxy) is 1. The number of benzene rings is 1. The second-order valence-corrected chi connectivity index (χ2v) is 7.55. The van der Waals surface area contributed by atoms with E-state index in [0.717, 1.165) is 12.1 Å². The Hall–Kier alpha value is -1.78. The minimum absolute atomic E-state index is 0.00198. The molecule has 1 aliphatic heterocycles. The fraction of sp³-hybridized carbons (Fsp3) is 0.533. The van der Waals surface area contributed by atoms with Crippen molar-refractivity contribution in [3.05, 3.63) is 35.4 Å². The van der Waals surface area contributed by atoms with Gasteiger partial charge in [0.2, 0.25) is 10.0 Å². The van der Waals surface area contributed by atoms with Gasteiger partial charge in [-0.2, -0.15) is 4.31 Å². The van der Waals surface area contributed by atoms with E-state index in [9.17, 15) is 22.0 Å². The molecule has 1 heterocycles. The van der Waals surface area contributed by atoms with Crippen LogP contribution in [0, 0.1) is 11.6 Å². The van der Waals surface area contributed by atoms with Crippen molar-refractivity contribution >= 4 is 16.1 Å². The quantitative estimate of drug-likeness (QED) is 0.723. The van der Waals surface area contributed by atoms with Gasteiger partial charge in [-0.05, 0) is 18.6 Å². The third kappa shape index (κ3) is 5.91. The van der Waals surface area contributed by atoms with Gasteiger partial charge in [0.1, 0.15) is 11.6 Å². The topological polar surface area (TPSA) is 87.7 Å². The molecule has 0 aromatic heterocycles. The van der Waals surface area contributed by atoms with Gasteiger partial charge >= 0.3 is 6.03 Å². The number of carbonyl (C=O) groups is 1. The SMILES string of the molecule is O=C(NCCc1c(F)cccc1F)NCCS(=O)(=O)N1CCOCC1. The molecule has 0 bridgehead atoms. The standard InChI is InChI=1S/C15H21F2N3O4S/c16-13-2-1-3-14(17)12(13)4-5-18-15(21)19-6-11-25(22,23)20-7-9-24-10-8-20/h1-3H,4-11H2,(H2,18,19,21). The van der Waals surface area contributed by atoms with Gasteiger partial charge in [0.05, 0.1) is 19.0 Å². The highest BCUT2D eigenvalue weighted by Gasteiger charge is 2.23. The molecule has 1 fully saturated rings. The predicted molar refractivity (Wildman–Crippen MR) is 87.6 cm³/mol. The fourth-order valence-corrected chi connectivity index (χ4v) is 3.71. The Bertz CT molecular complexity index is 674. The number of amides is 2. The van der Waals surface area contributed by atoms with Gasteiger partial charge in [-0.25, -0.2) is 22.0 Å². The van der Waals surface area contributed by atoms with Crippen LogP contribution in [0.5, 0.6) is 0 Å². The normalized spacial score (nSPS) is 15.8. The third-order valence-electron chi connectivity index (χ3n) is 3.73. The van der Waals surface area contributed by atoms with Crippen molar-refractivity contribution in [3.8, 4) is 0 Å². The summed E-state index contributed by atoms with van der Waals surface area (Å²) in [5, 5.41) is 4.86. The second-order valence-electron chi connectivity index (χ2n) is 5.46. The molecule has 2 rings (SSSR count). The lowest BCUT2D eigenvalue weighted by atomic mass is 10.1. The first-order chi connectivity index (χ1) is 11.9. The van der Waals surface area contributed by atoms with Crippen LogP contribution in [0.4, 0.5) is 13.6 Å².